The Labute approximate surface area is 73.7 Å². The lowest BCUT2D eigenvalue weighted by atomic mass is 9.95. The summed E-state index contributed by atoms with van der Waals surface area (Å²) in [5.41, 5.74) is 0. The molecule has 2 nitrogen and oxygen atoms in total. The largest absolute Gasteiger partial charge is 0.373 e. The van der Waals surface area contributed by atoms with E-state index in [1.165, 1.54) is 19.3 Å². The summed E-state index contributed by atoms with van der Waals surface area (Å²) in [6, 6.07) is 0.574. The van der Waals surface area contributed by atoms with Gasteiger partial charge in [-0.3, -0.25) is 0 Å². The van der Waals surface area contributed by atoms with Crippen molar-refractivity contribution in [1.29, 1.82) is 0 Å². The molecule has 2 bridgehead atoms. The van der Waals surface area contributed by atoms with Crippen LogP contribution in [0.2, 0.25) is 0 Å². The molecule has 2 saturated heterocycles. The van der Waals surface area contributed by atoms with Crippen molar-refractivity contribution in [2.24, 2.45) is 0 Å². The third kappa shape index (κ3) is 1.48. The van der Waals surface area contributed by atoms with Crippen LogP contribution in [0.4, 0.5) is 0 Å². The quantitative estimate of drug-likeness (QED) is 0.614. The second-order valence-corrected chi connectivity index (χ2v) is 3.52. The molecule has 0 amide bonds. The molecule has 2 aliphatic rings. The summed E-state index contributed by atoms with van der Waals surface area (Å²) in [4.78, 5) is 0. The minimum Gasteiger partial charge on any atom is -0.373 e. The summed E-state index contributed by atoms with van der Waals surface area (Å²) in [5, 5.41) is 3.42. The number of hydrogen-bond acceptors (Lipinski definition) is 2. The van der Waals surface area contributed by atoms with Gasteiger partial charge in [0.2, 0.25) is 0 Å². The van der Waals surface area contributed by atoms with Gasteiger partial charge in [0.15, 0.2) is 0 Å². The van der Waals surface area contributed by atoms with E-state index in [9.17, 15) is 0 Å². The zero-order valence-corrected chi connectivity index (χ0v) is 7.47. The van der Waals surface area contributed by atoms with Crippen molar-refractivity contribution in [3.05, 3.63) is 0 Å². The standard InChI is InChI=1S/C10H15NO/c1-2-3-6-11-9-7-8-4-5-10(9)12-8/h8-11H,4-7H2,1H3. The molecule has 2 heterocycles. The summed E-state index contributed by atoms with van der Waals surface area (Å²) < 4.78 is 5.70. The van der Waals surface area contributed by atoms with Crippen LogP contribution >= 0.6 is 0 Å². The Kier molecular flexibility index (Phi) is 2.34. The zero-order valence-electron chi connectivity index (χ0n) is 7.47. The minimum atomic E-state index is 0.480. The van der Waals surface area contributed by atoms with E-state index in [2.05, 4.69) is 17.2 Å². The lowest BCUT2D eigenvalue weighted by Gasteiger charge is -2.18. The molecule has 0 aliphatic carbocycles. The van der Waals surface area contributed by atoms with Crippen LogP contribution in [0.25, 0.3) is 0 Å². The molecule has 66 valence electrons. The van der Waals surface area contributed by atoms with E-state index in [0.29, 0.717) is 18.2 Å². The third-order valence-corrected chi connectivity index (χ3v) is 2.74. The van der Waals surface area contributed by atoms with Crippen LogP contribution in [0.3, 0.4) is 0 Å². The fraction of sp³-hybridized carbons (Fsp3) is 0.800. The van der Waals surface area contributed by atoms with E-state index in [1.54, 1.807) is 0 Å². The lowest BCUT2D eigenvalue weighted by Crippen LogP contribution is -2.37. The van der Waals surface area contributed by atoms with E-state index >= 15 is 0 Å². The van der Waals surface area contributed by atoms with E-state index in [0.717, 1.165) is 6.54 Å². The van der Waals surface area contributed by atoms with Crippen LogP contribution in [-0.4, -0.2) is 24.8 Å². The Balaban J connectivity index is 1.78. The molecule has 0 aromatic carbocycles. The molecule has 2 heteroatoms. The van der Waals surface area contributed by atoms with Crippen molar-refractivity contribution in [3.63, 3.8) is 0 Å². The average molecular weight is 165 g/mol. The van der Waals surface area contributed by atoms with Crippen LogP contribution in [0.1, 0.15) is 26.2 Å². The van der Waals surface area contributed by atoms with Crippen LogP contribution < -0.4 is 5.32 Å². The number of nitrogens with one attached hydrogen (secondary N) is 1. The van der Waals surface area contributed by atoms with Gasteiger partial charge in [-0.1, -0.05) is 5.92 Å². The maximum absolute atomic E-state index is 5.70. The monoisotopic (exact) mass is 165 g/mol. The summed E-state index contributed by atoms with van der Waals surface area (Å²) >= 11 is 0. The first-order valence-corrected chi connectivity index (χ1v) is 4.68. The molecule has 0 aromatic rings. The Morgan fingerprint density at radius 2 is 2.42 bits per heavy atom. The van der Waals surface area contributed by atoms with Crippen LogP contribution in [-0.2, 0) is 4.74 Å². The summed E-state index contributed by atoms with van der Waals surface area (Å²) in [5.74, 6) is 5.90. The SMILES string of the molecule is CC#CCNC1CC2CCC1O2. The fourth-order valence-electron chi connectivity index (χ4n) is 2.12. The lowest BCUT2D eigenvalue weighted by molar-refractivity contribution is 0.0979. The second-order valence-electron chi connectivity index (χ2n) is 3.52. The summed E-state index contributed by atoms with van der Waals surface area (Å²) in [7, 11) is 0. The molecule has 1 N–H and O–H groups in total. The first kappa shape index (κ1) is 8.10. The van der Waals surface area contributed by atoms with Crippen LogP contribution in [0.5, 0.6) is 0 Å². The smallest absolute Gasteiger partial charge is 0.0734 e. The van der Waals surface area contributed by atoms with E-state index in [4.69, 9.17) is 4.74 Å². The molecule has 3 atom stereocenters. The molecule has 2 fully saturated rings. The van der Waals surface area contributed by atoms with Gasteiger partial charge in [0.1, 0.15) is 0 Å². The maximum Gasteiger partial charge on any atom is 0.0734 e. The van der Waals surface area contributed by atoms with Crippen molar-refractivity contribution >= 4 is 0 Å². The molecule has 2 rings (SSSR count). The molecule has 0 radical (unpaired) electrons. The molecule has 3 unspecified atom stereocenters. The van der Waals surface area contributed by atoms with Crippen LogP contribution in [0, 0.1) is 11.8 Å². The third-order valence-electron chi connectivity index (χ3n) is 2.74. The molecular formula is C10H15NO. The number of fused-ring (bicyclic) bond motifs is 2. The Morgan fingerprint density at radius 3 is 3.00 bits per heavy atom. The van der Waals surface area contributed by atoms with E-state index in [-0.39, 0.29) is 0 Å². The maximum atomic E-state index is 5.70. The Hall–Kier alpha value is -0.520. The Bertz CT molecular complexity index is 216. The van der Waals surface area contributed by atoms with Gasteiger partial charge in [0.05, 0.1) is 18.8 Å². The van der Waals surface area contributed by atoms with Gasteiger partial charge in [-0.15, -0.1) is 5.92 Å². The predicted octanol–water partition coefficient (Wildman–Crippen LogP) is 0.919. The van der Waals surface area contributed by atoms with Crippen molar-refractivity contribution in [3.8, 4) is 11.8 Å². The van der Waals surface area contributed by atoms with Gasteiger partial charge >= 0.3 is 0 Å². The molecule has 0 spiro atoms. The normalized spacial score (nSPS) is 37.9. The number of rotatable bonds is 2. The summed E-state index contributed by atoms with van der Waals surface area (Å²) in [6.45, 7) is 2.69. The molecule has 0 aromatic heterocycles. The van der Waals surface area contributed by atoms with E-state index in [1.807, 2.05) is 6.92 Å². The topological polar surface area (TPSA) is 21.3 Å². The Morgan fingerprint density at radius 1 is 1.50 bits per heavy atom. The highest BCUT2D eigenvalue weighted by Crippen LogP contribution is 2.34. The predicted molar refractivity (Wildman–Crippen MR) is 47.8 cm³/mol. The van der Waals surface area contributed by atoms with Gasteiger partial charge in [0, 0.05) is 6.04 Å². The van der Waals surface area contributed by atoms with Gasteiger partial charge in [-0.2, -0.15) is 0 Å². The zero-order chi connectivity index (χ0) is 8.39. The highest BCUT2D eigenvalue weighted by molar-refractivity contribution is 5.01. The van der Waals surface area contributed by atoms with Crippen molar-refractivity contribution in [2.75, 3.05) is 6.54 Å². The highest BCUT2D eigenvalue weighted by atomic mass is 16.5. The molecular weight excluding hydrogens is 150 g/mol. The summed E-state index contributed by atoms with van der Waals surface area (Å²) in [6.07, 6.45) is 4.72. The first-order chi connectivity index (χ1) is 5.90. The molecule has 2 aliphatic heterocycles. The van der Waals surface area contributed by atoms with Crippen molar-refractivity contribution in [1.82, 2.24) is 5.32 Å². The van der Waals surface area contributed by atoms with Gasteiger partial charge in [-0.25, -0.2) is 0 Å². The molecule has 12 heavy (non-hydrogen) atoms. The van der Waals surface area contributed by atoms with Gasteiger partial charge < -0.3 is 10.1 Å². The molecule has 0 saturated carbocycles. The van der Waals surface area contributed by atoms with Crippen LogP contribution in [0.15, 0.2) is 0 Å². The second kappa shape index (κ2) is 3.47. The van der Waals surface area contributed by atoms with Gasteiger partial charge in [-0.05, 0) is 26.2 Å². The number of hydrogen-bond donors (Lipinski definition) is 1. The van der Waals surface area contributed by atoms with Gasteiger partial charge in [0.25, 0.3) is 0 Å². The minimum absolute atomic E-state index is 0.480. The fourth-order valence-corrected chi connectivity index (χ4v) is 2.12. The van der Waals surface area contributed by atoms with Crippen molar-refractivity contribution < 1.29 is 4.74 Å². The first-order valence-electron chi connectivity index (χ1n) is 4.68. The number of ether oxygens (including phenoxy) is 1. The van der Waals surface area contributed by atoms with E-state index < -0.39 is 0 Å². The highest BCUT2D eigenvalue weighted by Gasteiger charge is 2.40. The average Bonchev–Trinajstić information content (AvgIpc) is 2.65. The van der Waals surface area contributed by atoms with Crippen molar-refractivity contribution in [2.45, 2.75) is 44.4 Å².